The van der Waals surface area contributed by atoms with E-state index in [9.17, 15) is 0 Å². The van der Waals surface area contributed by atoms with Crippen molar-refractivity contribution in [3.05, 3.63) is 28.8 Å². The van der Waals surface area contributed by atoms with Crippen molar-refractivity contribution in [2.24, 2.45) is 5.92 Å². The summed E-state index contributed by atoms with van der Waals surface area (Å²) >= 11 is 12.1. The maximum Gasteiger partial charge on any atom is 0.0488 e. The van der Waals surface area contributed by atoms with Crippen molar-refractivity contribution in [1.29, 1.82) is 0 Å². The van der Waals surface area contributed by atoms with Crippen LogP contribution in [0.2, 0.25) is 5.02 Å². The van der Waals surface area contributed by atoms with Crippen molar-refractivity contribution in [2.75, 3.05) is 11.4 Å². The molecule has 18 heavy (non-hydrogen) atoms. The van der Waals surface area contributed by atoms with Gasteiger partial charge in [-0.2, -0.15) is 0 Å². The molecule has 0 unspecified atom stereocenters. The molecule has 0 aromatic heterocycles. The van der Waals surface area contributed by atoms with Crippen molar-refractivity contribution < 1.29 is 0 Å². The first kappa shape index (κ1) is 14.0. The molecular weight excluding hydrogens is 265 g/mol. The van der Waals surface area contributed by atoms with E-state index < -0.39 is 0 Å². The second-order valence-corrected chi connectivity index (χ2v) is 6.19. The summed E-state index contributed by atoms with van der Waals surface area (Å²) < 4.78 is 0. The number of alkyl halides is 1. The molecule has 100 valence electrons. The summed E-state index contributed by atoms with van der Waals surface area (Å²) in [5, 5.41) is 0.790. The van der Waals surface area contributed by atoms with Gasteiger partial charge in [-0.25, -0.2) is 0 Å². The van der Waals surface area contributed by atoms with Gasteiger partial charge in [0.05, 0.1) is 0 Å². The monoisotopic (exact) mass is 285 g/mol. The van der Waals surface area contributed by atoms with Crippen molar-refractivity contribution in [3.8, 4) is 0 Å². The van der Waals surface area contributed by atoms with Crippen molar-refractivity contribution in [3.63, 3.8) is 0 Å². The molecule has 0 bridgehead atoms. The average molecular weight is 286 g/mol. The molecule has 0 radical (unpaired) electrons. The van der Waals surface area contributed by atoms with E-state index in [-0.39, 0.29) is 0 Å². The molecule has 1 aromatic carbocycles. The smallest absolute Gasteiger partial charge is 0.0488 e. The molecule has 1 aliphatic carbocycles. The number of hydrogen-bond acceptors (Lipinski definition) is 1. The van der Waals surface area contributed by atoms with E-state index in [1.807, 2.05) is 0 Å². The molecule has 0 aliphatic heterocycles. The lowest BCUT2D eigenvalue weighted by molar-refractivity contribution is 0.571. The Bertz CT molecular complexity index is 399. The first-order valence-corrected chi connectivity index (χ1v) is 7.64. The van der Waals surface area contributed by atoms with Crippen molar-refractivity contribution in [2.45, 2.75) is 45.0 Å². The molecule has 0 saturated heterocycles. The van der Waals surface area contributed by atoms with Gasteiger partial charge in [0.2, 0.25) is 0 Å². The molecule has 3 heteroatoms. The molecule has 1 aliphatic rings. The van der Waals surface area contributed by atoms with Crippen LogP contribution >= 0.6 is 23.2 Å². The topological polar surface area (TPSA) is 3.24 Å². The van der Waals surface area contributed by atoms with Gasteiger partial charge in [-0.05, 0) is 42.9 Å². The highest BCUT2D eigenvalue weighted by atomic mass is 35.5. The highest BCUT2D eigenvalue weighted by Crippen LogP contribution is 2.34. The Balaban J connectivity index is 2.12. The van der Waals surface area contributed by atoms with Gasteiger partial charge >= 0.3 is 0 Å². The van der Waals surface area contributed by atoms with Crippen LogP contribution in [0, 0.1) is 5.92 Å². The lowest BCUT2D eigenvalue weighted by Crippen LogP contribution is -2.27. The van der Waals surface area contributed by atoms with Gasteiger partial charge in [-0.1, -0.05) is 31.5 Å². The zero-order valence-corrected chi connectivity index (χ0v) is 12.6. The van der Waals surface area contributed by atoms with E-state index in [0.717, 1.165) is 29.1 Å². The van der Waals surface area contributed by atoms with Crippen LogP contribution in [-0.2, 0) is 5.88 Å². The zero-order valence-electron chi connectivity index (χ0n) is 11.1. The summed E-state index contributed by atoms with van der Waals surface area (Å²) in [5.74, 6) is 1.22. The van der Waals surface area contributed by atoms with E-state index in [1.165, 1.54) is 24.9 Å². The van der Waals surface area contributed by atoms with Crippen LogP contribution in [0.15, 0.2) is 18.2 Å². The van der Waals surface area contributed by atoms with Crippen LogP contribution in [0.3, 0.4) is 0 Å². The summed E-state index contributed by atoms with van der Waals surface area (Å²) in [6, 6.07) is 7.00. The molecule has 0 amide bonds. The number of rotatable bonds is 6. The fraction of sp³-hybridized carbons (Fsp3) is 0.600. The van der Waals surface area contributed by atoms with Gasteiger partial charge < -0.3 is 4.90 Å². The number of hydrogen-bond donors (Lipinski definition) is 0. The van der Waals surface area contributed by atoms with Gasteiger partial charge in [0.15, 0.2) is 0 Å². The highest BCUT2D eigenvalue weighted by Gasteiger charge is 2.29. The Morgan fingerprint density at radius 3 is 2.56 bits per heavy atom. The van der Waals surface area contributed by atoms with Gasteiger partial charge in [0.1, 0.15) is 0 Å². The summed E-state index contributed by atoms with van der Waals surface area (Å²) in [6.07, 6.45) is 3.85. The Kier molecular flexibility index (Phi) is 4.80. The standard InChI is InChI=1S/C15H21Cl2N/c1-11(2)7-8-18(13-5-6-13)14-4-3-12(10-16)15(17)9-14/h3-4,9,11,13H,5-8,10H2,1-2H3. The van der Waals surface area contributed by atoms with Crippen LogP contribution in [0.1, 0.15) is 38.7 Å². The van der Waals surface area contributed by atoms with Crippen LogP contribution in [0.4, 0.5) is 5.69 Å². The van der Waals surface area contributed by atoms with E-state index in [1.54, 1.807) is 0 Å². The third kappa shape index (κ3) is 3.55. The van der Waals surface area contributed by atoms with E-state index in [0.29, 0.717) is 5.88 Å². The quantitative estimate of drug-likeness (QED) is 0.658. The fourth-order valence-electron chi connectivity index (χ4n) is 2.13. The number of anilines is 1. The Morgan fingerprint density at radius 1 is 1.33 bits per heavy atom. The first-order chi connectivity index (χ1) is 8.61. The predicted molar refractivity (Wildman–Crippen MR) is 80.8 cm³/mol. The van der Waals surface area contributed by atoms with Gasteiger partial charge in [0.25, 0.3) is 0 Å². The molecule has 0 heterocycles. The lowest BCUT2D eigenvalue weighted by Gasteiger charge is -2.26. The minimum Gasteiger partial charge on any atom is -0.368 e. The lowest BCUT2D eigenvalue weighted by atomic mass is 10.1. The number of nitrogens with zero attached hydrogens (tertiary/aromatic N) is 1. The van der Waals surface area contributed by atoms with Gasteiger partial charge in [-0.15, -0.1) is 11.6 Å². The van der Waals surface area contributed by atoms with Crippen molar-refractivity contribution >= 4 is 28.9 Å². The zero-order chi connectivity index (χ0) is 13.1. The fourth-order valence-corrected chi connectivity index (χ4v) is 2.67. The summed E-state index contributed by atoms with van der Waals surface area (Å²) in [7, 11) is 0. The Labute approximate surface area is 120 Å². The largest absolute Gasteiger partial charge is 0.368 e. The molecular formula is C15H21Cl2N. The summed E-state index contributed by atoms with van der Waals surface area (Å²) in [5.41, 5.74) is 2.26. The second kappa shape index (κ2) is 6.16. The molecule has 0 spiro atoms. The van der Waals surface area contributed by atoms with E-state index in [4.69, 9.17) is 23.2 Å². The maximum absolute atomic E-state index is 6.25. The molecule has 0 N–H and O–H groups in total. The third-order valence-corrected chi connectivity index (χ3v) is 4.09. The molecule has 1 saturated carbocycles. The molecule has 0 atom stereocenters. The maximum atomic E-state index is 6.25. The summed E-state index contributed by atoms with van der Waals surface area (Å²) in [6.45, 7) is 5.67. The minimum atomic E-state index is 0.481. The molecule has 1 aromatic rings. The van der Waals surface area contributed by atoms with Crippen molar-refractivity contribution in [1.82, 2.24) is 0 Å². The molecule has 2 rings (SSSR count). The minimum absolute atomic E-state index is 0.481. The van der Waals surface area contributed by atoms with E-state index >= 15 is 0 Å². The second-order valence-electron chi connectivity index (χ2n) is 5.52. The number of halogens is 2. The van der Waals surface area contributed by atoms with Gasteiger partial charge in [-0.3, -0.25) is 0 Å². The highest BCUT2D eigenvalue weighted by molar-refractivity contribution is 6.32. The molecule has 1 nitrogen and oxygen atoms in total. The third-order valence-electron chi connectivity index (χ3n) is 3.45. The number of benzene rings is 1. The Hall–Kier alpha value is -0.400. The summed E-state index contributed by atoms with van der Waals surface area (Å²) in [4.78, 5) is 2.50. The first-order valence-electron chi connectivity index (χ1n) is 6.73. The molecule has 1 fully saturated rings. The van der Waals surface area contributed by atoms with Crippen LogP contribution < -0.4 is 4.90 Å². The SMILES string of the molecule is CC(C)CCN(c1ccc(CCl)c(Cl)c1)C1CC1. The van der Waals surface area contributed by atoms with Crippen LogP contribution in [-0.4, -0.2) is 12.6 Å². The van der Waals surface area contributed by atoms with Crippen LogP contribution in [0.25, 0.3) is 0 Å². The van der Waals surface area contributed by atoms with Crippen LogP contribution in [0.5, 0.6) is 0 Å². The Morgan fingerprint density at radius 2 is 2.06 bits per heavy atom. The van der Waals surface area contributed by atoms with E-state index in [2.05, 4.69) is 36.9 Å². The average Bonchev–Trinajstić information content (AvgIpc) is 3.13. The predicted octanol–water partition coefficient (Wildman–Crippen LogP) is 5.09. The van der Waals surface area contributed by atoms with Gasteiger partial charge in [0, 0.05) is 29.2 Å². The normalized spacial score (nSPS) is 15.2.